The number of aromatic nitrogens is 5. The van der Waals surface area contributed by atoms with Crippen molar-refractivity contribution in [3.8, 4) is 5.69 Å². The summed E-state index contributed by atoms with van der Waals surface area (Å²) in [5.74, 6) is 0.784. The average Bonchev–Trinajstić information content (AvgIpc) is 2.89. The van der Waals surface area contributed by atoms with Gasteiger partial charge in [0, 0.05) is 19.4 Å². The number of alkyl halides is 1. The first-order chi connectivity index (χ1) is 9.08. The van der Waals surface area contributed by atoms with E-state index < -0.39 is 0 Å². The predicted molar refractivity (Wildman–Crippen MR) is 74.6 cm³/mol. The zero-order valence-corrected chi connectivity index (χ0v) is 11.8. The van der Waals surface area contributed by atoms with Crippen molar-refractivity contribution in [1.82, 2.24) is 24.3 Å². The zero-order valence-electron chi connectivity index (χ0n) is 11.0. The molecule has 3 rings (SSSR count). The smallest absolute Gasteiger partial charge is 0.164 e. The molecule has 5 nitrogen and oxygen atoms in total. The van der Waals surface area contributed by atoms with Gasteiger partial charge in [-0.25, -0.2) is 9.97 Å². The van der Waals surface area contributed by atoms with Crippen LogP contribution in [-0.4, -0.2) is 24.3 Å². The van der Waals surface area contributed by atoms with E-state index >= 15 is 0 Å². The molecular formula is C13H14ClN5. The number of imidazole rings is 1. The van der Waals surface area contributed by atoms with Gasteiger partial charge < -0.3 is 0 Å². The molecule has 3 aromatic rings. The Morgan fingerprint density at radius 2 is 2.16 bits per heavy atom. The monoisotopic (exact) mass is 275 g/mol. The summed E-state index contributed by atoms with van der Waals surface area (Å²) >= 11 is 6.25. The van der Waals surface area contributed by atoms with Gasteiger partial charge in [0.25, 0.3) is 0 Å². The summed E-state index contributed by atoms with van der Waals surface area (Å²) in [7, 11) is 1.90. The van der Waals surface area contributed by atoms with Crippen LogP contribution in [0.25, 0.3) is 16.9 Å². The molecule has 0 saturated heterocycles. The molecule has 0 aromatic carbocycles. The minimum atomic E-state index is -0.200. The lowest BCUT2D eigenvalue weighted by atomic mass is 10.3. The van der Waals surface area contributed by atoms with E-state index in [1.54, 1.807) is 10.9 Å². The van der Waals surface area contributed by atoms with Crippen molar-refractivity contribution in [2.45, 2.75) is 19.2 Å². The van der Waals surface area contributed by atoms with Crippen LogP contribution in [0.5, 0.6) is 0 Å². The first-order valence-electron chi connectivity index (χ1n) is 6.06. The molecule has 1 atom stereocenters. The summed E-state index contributed by atoms with van der Waals surface area (Å²) < 4.78 is 3.76. The number of nitrogens with zero attached hydrogens (tertiary/aromatic N) is 5. The highest BCUT2D eigenvalue weighted by atomic mass is 35.5. The fraction of sp³-hybridized carbons (Fsp3) is 0.308. The Morgan fingerprint density at radius 1 is 1.37 bits per heavy atom. The van der Waals surface area contributed by atoms with Gasteiger partial charge >= 0.3 is 0 Å². The lowest BCUT2D eigenvalue weighted by Crippen LogP contribution is -2.03. The molecule has 0 fully saturated rings. The Morgan fingerprint density at radius 3 is 2.79 bits per heavy atom. The molecule has 3 heterocycles. The van der Waals surface area contributed by atoms with Crippen LogP contribution in [0.4, 0.5) is 0 Å². The molecule has 0 aliphatic rings. The number of hydrogen-bond acceptors (Lipinski definition) is 3. The molecule has 98 valence electrons. The predicted octanol–water partition coefficient (Wildman–Crippen LogP) is 2.76. The standard InChI is InChI=1S/C13H14ClN5/c1-8(14)12-16-10-5-4-6-15-13(10)19(12)11-7-18(3)17-9(11)2/h4-8H,1-3H3. The average molecular weight is 276 g/mol. The van der Waals surface area contributed by atoms with E-state index in [1.165, 1.54) is 0 Å². The number of pyridine rings is 1. The van der Waals surface area contributed by atoms with Gasteiger partial charge in [-0.05, 0) is 26.0 Å². The van der Waals surface area contributed by atoms with Gasteiger partial charge in [-0.15, -0.1) is 11.6 Å². The maximum Gasteiger partial charge on any atom is 0.164 e. The van der Waals surface area contributed by atoms with E-state index in [2.05, 4.69) is 15.1 Å². The number of hydrogen-bond donors (Lipinski definition) is 0. The van der Waals surface area contributed by atoms with Crippen LogP contribution in [0.15, 0.2) is 24.5 Å². The normalized spacial score (nSPS) is 13.1. The summed E-state index contributed by atoms with van der Waals surface area (Å²) in [6.45, 7) is 3.87. The van der Waals surface area contributed by atoms with E-state index in [0.29, 0.717) is 0 Å². The molecule has 0 radical (unpaired) electrons. The first kappa shape index (κ1) is 12.2. The number of halogens is 1. The lowest BCUT2D eigenvalue weighted by molar-refractivity contribution is 0.756. The van der Waals surface area contributed by atoms with Gasteiger partial charge in [0.2, 0.25) is 0 Å². The van der Waals surface area contributed by atoms with E-state index in [4.69, 9.17) is 11.6 Å². The van der Waals surface area contributed by atoms with Crippen molar-refractivity contribution in [1.29, 1.82) is 0 Å². The van der Waals surface area contributed by atoms with Gasteiger partial charge in [0.1, 0.15) is 11.3 Å². The van der Waals surface area contributed by atoms with Crippen molar-refractivity contribution in [2.24, 2.45) is 7.05 Å². The van der Waals surface area contributed by atoms with E-state index in [0.717, 1.165) is 28.4 Å². The van der Waals surface area contributed by atoms with Crippen LogP contribution >= 0.6 is 11.6 Å². The molecule has 0 aliphatic heterocycles. The Labute approximate surface area is 115 Å². The third-order valence-corrected chi connectivity index (χ3v) is 3.22. The third-order valence-electron chi connectivity index (χ3n) is 3.03. The molecular weight excluding hydrogens is 262 g/mol. The van der Waals surface area contributed by atoms with Gasteiger partial charge in [-0.1, -0.05) is 0 Å². The number of fused-ring (bicyclic) bond motifs is 1. The van der Waals surface area contributed by atoms with Gasteiger partial charge in [-0.2, -0.15) is 5.10 Å². The van der Waals surface area contributed by atoms with Crippen molar-refractivity contribution >= 4 is 22.8 Å². The van der Waals surface area contributed by atoms with E-state index in [-0.39, 0.29) is 5.38 Å². The fourth-order valence-electron chi connectivity index (χ4n) is 2.24. The molecule has 0 saturated carbocycles. The SMILES string of the molecule is Cc1nn(C)cc1-n1c(C(C)Cl)nc2cccnc21. The van der Waals surface area contributed by atoms with Crippen LogP contribution in [0.2, 0.25) is 0 Å². The maximum atomic E-state index is 6.25. The maximum absolute atomic E-state index is 6.25. The highest BCUT2D eigenvalue weighted by Gasteiger charge is 2.19. The van der Waals surface area contributed by atoms with E-state index in [1.807, 2.05) is 43.8 Å². The van der Waals surface area contributed by atoms with Crippen LogP contribution < -0.4 is 0 Å². The highest BCUT2D eigenvalue weighted by Crippen LogP contribution is 2.27. The molecule has 0 aliphatic carbocycles. The quantitative estimate of drug-likeness (QED) is 0.676. The lowest BCUT2D eigenvalue weighted by Gasteiger charge is -2.08. The molecule has 19 heavy (non-hydrogen) atoms. The minimum absolute atomic E-state index is 0.200. The van der Waals surface area contributed by atoms with Crippen LogP contribution in [-0.2, 0) is 7.05 Å². The summed E-state index contributed by atoms with van der Waals surface area (Å²) in [6.07, 6.45) is 3.71. The van der Waals surface area contributed by atoms with Gasteiger partial charge in [0.15, 0.2) is 5.65 Å². The fourth-order valence-corrected chi connectivity index (χ4v) is 2.39. The summed E-state index contributed by atoms with van der Waals surface area (Å²) in [5, 5.41) is 4.17. The van der Waals surface area contributed by atoms with Crippen molar-refractivity contribution in [3.05, 3.63) is 36.0 Å². The summed E-state index contributed by atoms with van der Waals surface area (Å²) in [4.78, 5) is 8.99. The third kappa shape index (κ3) is 1.90. The van der Waals surface area contributed by atoms with Gasteiger partial charge in [0.05, 0.1) is 16.8 Å². The van der Waals surface area contributed by atoms with Crippen LogP contribution in [0, 0.1) is 6.92 Å². The van der Waals surface area contributed by atoms with Crippen molar-refractivity contribution < 1.29 is 0 Å². The number of rotatable bonds is 2. The molecule has 0 N–H and O–H groups in total. The molecule has 3 aromatic heterocycles. The van der Waals surface area contributed by atoms with Crippen LogP contribution in [0.3, 0.4) is 0 Å². The Bertz CT molecular complexity index is 741. The molecule has 6 heteroatoms. The van der Waals surface area contributed by atoms with Crippen LogP contribution in [0.1, 0.15) is 23.8 Å². The second-order valence-corrected chi connectivity index (χ2v) is 5.20. The second-order valence-electron chi connectivity index (χ2n) is 4.54. The van der Waals surface area contributed by atoms with Gasteiger partial charge in [-0.3, -0.25) is 9.25 Å². The van der Waals surface area contributed by atoms with Crippen molar-refractivity contribution in [2.75, 3.05) is 0 Å². The minimum Gasteiger partial charge on any atom is -0.276 e. The topological polar surface area (TPSA) is 48.5 Å². The summed E-state index contributed by atoms with van der Waals surface area (Å²) in [5.41, 5.74) is 3.53. The largest absolute Gasteiger partial charge is 0.276 e. The zero-order chi connectivity index (χ0) is 13.6. The Balaban J connectivity index is 2.37. The number of aryl methyl sites for hydroxylation is 2. The highest BCUT2D eigenvalue weighted by molar-refractivity contribution is 6.20. The molecule has 0 spiro atoms. The Hall–Kier alpha value is -1.88. The summed E-state index contributed by atoms with van der Waals surface area (Å²) in [6, 6.07) is 3.81. The van der Waals surface area contributed by atoms with E-state index in [9.17, 15) is 0 Å². The first-order valence-corrected chi connectivity index (χ1v) is 6.49. The molecule has 0 amide bonds. The Kier molecular flexibility index (Phi) is 2.78. The van der Waals surface area contributed by atoms with Crippen molar-refractivity contribution in [3.63, 3.8) is 0 Å². The molecule has 0 bridgehead atoms. The second kappa shape index (κ2) is 4.35. The molecule has 1 unspecified atom stereocenters.